The van der Waals surface area contributed by atoms with Gasteiger partial charge in [0.05, 0.1) is 24.6 Å². The molecule has 0 aromatic heterocycles. The third kappa shape index (κ3) is 2.59. The summed E-state index contributed by atoms with van der Waals surface area (Å²) in [7, 11) is -3.00. The lowest BCUT2D eigenvalue weighted by Crippen LogP contribution is -2.56. The fourth-order valence-corrected chi connectivity index (χ4v) is 3.94. The van der Waals surface area contributed by atoms with Crippen molar-refractivity contribution in [2.75, 3.05) is 24.6 Å². The number of nitrogens with zero attached hydrogens (tertiary/aromatic N) is 1. The zero-order chi connectivity index (χ0) is 11.8. The second-order valence-corrected chi connectivity index (χ2v) is 6.52. The van der Waals surface area contributed by atoms with Gasteiger partial charge in [0, 0.05) is 6.04 Å². The summed E-state index contributed by atoms with van der Waals surface area (Å²) in [6, 6.07) is -0.186. The first-order chi connectivity index (χ1) is 7.46. The van der Waals surface area contributed by atoms with Crippen molar-refractivity contribution in [2.24, 2.45) is 0 Å². The van der Waals surface area contributed by atoms with Crippen molar-refractivity contribution in [1.29, 1.82) is 0 Å². The second-order valence-electron chi connectivity index (χ2n) is 4.29. The SMILES string of the molecule is O=C1CN(C2CCCS(=O)(=O)C2)CC(=O)N1. The third-order valence-corrected chi connectivity index (χ3v) is 4.73. The fourth-order valence-electron chi connectivity index (χ4n) is 2.20. The van der Waals surface area contributed by atoms with Gasteiger partial charge in [-0.15, -0.1) is 0 Å². The van der Waals surface area contributed by atoms with Gasteiger partial charge in [-0.1, -0.05) is 0 Å². The summed E-state index contributed by atoms with van der Waals surface area (Å²) in [4.78, 5) is 24.0. The van der Waals surface area contributed by atoms with E-state index >= 15 is 0 Å². The predicted octanol–water partition coefficient (Wildman–Crippen LogP) is -1.48. The zero-order valence-electron chi connectivity index (χ0n) is 8.81. The van der Waals surface area contributed by atoms with Gasteiger partial charge in [-0.25, -0.2) is 8.42 Å². The Hall–Kier alpha value is -0.950. The largest absolute Gasteiger partial charge is 0.294 e. The smallest absolute Gasteiger partial charge is 0.240 e. The van der Waals surface area contributed by atoms with Crippen LogP contribution in [0.1, 0.15) is 12.8 Å². The van der Waals surface area contributed by atoms with E-state index in [2.05, 4.69) is 5.32 Å². The van der Waals surface area contributed by atoms with Gasteiger partial charge in [0.15, 0.2) is 9.84 Å². The number of sulfone groups is 1. The quantitative estimate of drug-likeness (QED) is 0.571. The Bertz CT molecular complexity index is 401. The van der Waals surface area contributed by atoms with Crippen LogP contribution in [-0.2, 0) is 19.4 Å². The van der Waals surface area contributed by atoms with Gasteiger partial charge in [0.25, 0.3) is 0 Å². The number of carbonyl (C=O) groups is 2. The van der Waals surface area contributed by atoms with Crippen LogP contribution in [0, 0.1) is 0 Å². The van der Waals surface area contributed by atoms with Gasteiger partial charge in [0.2, 0.25) is 11.8 Å². The lowest BCUT2D eigenvalue weighted by molar-refractivity contribution is -0.137. The van der Waals surface area contributed by atoms with E-state index in [0.717, 1.165) is 6.42 Å². The van der Waals surface area contributed by atoms with Crippen LogP contribution in [0.2, 0.25) is 0 Å². The summed E-state index contributed by atoms with van der Waals surface area (Å²) in [5.41, 5.74) is 0. The summed E-state index contributed by atoms with van der Waals surface area (Å²) < 4.78 is 22.9. The minimum Gasteiger partial charge on any atom is -0.294 e. The Morgan fingerprint density at radius 2 is 1.81 bits per heavy atom. The lowest BCUT2D eigenvalue weighted by atomic mass is 10.1. The zero-order valence-corrected chi connectivity index (χ0v) is 9.62. The van der Waals surface area contributed by atoms with Gasteiger partial charge in [-0.3, -0.25) is 19.8 Å². The molecule has 7 heteroatoms. The summed E-state index contributed by atoms with van der Waals surface area (Å²) in [6.45, 7) is 0.234. The molecule has 2 aliphatic rings. The standard InChI is InChI=1S/C9H14N2O4S/c12-8-4-11(5-9(13)10-8)7-2-1-3-16(14,15)6-7/h7H,1-6H2,(H,10,12,13). The molecular formula is C9H14N2O4S. The van der Waals surface area contributed by atoms with E-state index in [4.69, 9.17) is 0 Å². The molecule has 16 heavy (non-hydrogen) atoms. The van der Waals surface area contributed by atoms with Gasteiger partial charge in [-0.2, -0.15) is 0 Å². The van der Waals surface area contributed by atoms with E-state index < -0.39 is 9.84 Å². The summed E-state index contributed by atoms with van der Waals surface area (Å²) in [6.07, 6.45) is 1.35. The molecule has 1 N–H and O–H groups in total. The van der Waals surface area contributed by atoms with Crippen molar-refractivity contribution in [3.8, 4) is 0 Å². The molecule has 0 aliphatic carbocycles. The first kappa shape index (κ1) is 11.5. The van der Waals surface area contributed by atoms with E-state index in [9.17, 15) is 18.0 Å². The molecule has 0 aromatic carbocycles. The predicted molar refractivity (Wildman–Crippen MR) is 56.4 cm³/mol. The summed E-state index contributed by atoms with van der Waals surface area (Å²) in [5.74, 6) is -0.413. The minimum absolute atomic E-state index is 0.0631. The Kier molecular flexibility index (Phi) is 2.98. The monoisotopic (exact) mass is 246 g/mol. The highest BCUT2D eigenvalue weighted by atomic mass is 32.2. The average molecular weight is 246 g/mol. The molecule has 0 aromatic rings. The molecule has 2 amide bonds. The average Bonchev–Trinajstić information content (AvgIpc) is 2.14. The van der Waals surface area contributed by atoms with Crippen LogP contribution in [0.4, 0.5) is 0 Å². The molecular weight excluding hydrogens is 232 g/mol. The highest BCUT2D eigenvalue weighted by Crippen LogP contribution is 2.18. The number of piperazine rings is 1. The number of hydrogen-bond acceptors (Lipinski definition) is 5. The van der Waals surface area contributed by atoms with Crippen LogP contribution in [-0.4, -0.2) is 55.8 Å². The molecule has 1 unspecified atom stereocenters. The van der Waals surface area contributed by atoms with Crippen molar-refractivity contribution in [3.05, 3.63) is 0 Å². The molecule has 1 atom stereocenters. The maximum Gasteiger partial charge on any atom is 0.240 e. The normalized spacial score (nSPS) is 31.1. The van der Waals surface area contributed by atoms with Crippen LogP contribution >= 0.6 is 0 Å². The van der Waals surface area contributed by atoms with Crippen LogP contribution < -0.4 is 5.32 Å². The van der Waals surface area contributed by atoms with Crippen LogP contribution in [0.5, 0.6) is 0 Å². The van der Waals surface area contributed by atoms with Crippen LogP contribution in [0.15, 0.2) is 0 Å². The fraction of sp³-hybridized carbons (Fsp3) is 0.778. The highest BCUT2D eigenvalue weighted by Gasteiger charge is 2.33. The van der Waals surface area contributed by atoms with Crippen LogP contribution in [0.3, 0.4) is 0 Å². The molecule has 2 saturated heterocycles. The van der Waals surface area contributed by atoms with Gasteiger partial charge < -0.3 is 0 Å². The maximum absolute atomic E-state index is 11.5. The number of hydrogen-bond donors (Lipinski definition) is 1. The molecule has 0 radical (unpaired) electrons. The summed E-state index contributed by atoms with van der Waals surface area (Å²) in [5, 5.41) is 2.20. The van der Waals surface area contributed by atoms with Crippen molar-refractivity contribution >= 4 is 21.7 Å². The molecule has 0 saturated carbocycles. The van der Waals surface area contributed by atoms with E-state index in [1.54, 1.807) is 4.90 Å². The molecule has 6 nitrogen and oxygen atoms in total. The molecule has 2 aliphatic heterocycles. The molecule has 2 fully saturated rings. The van der Waals surface area contributed by atoms with E-state index in [0.29, 0.717) is 6.42 Å². The van der Waals surface area contributed by atoms with E-state index in [-0.39, 0.29) is 42.5 Å². The van der Waals surface area contributed by atoms with E-state index in [1.807, 2.05) is 0 Å². The molecule has 90 valence electrons. The number of carbonyl (C=O) groups excluding carboxylic acids is 2. The highest BCUT2D eigenvalue weighted by molar-refractivity contribution is 7.91. The molecule has 2 heterocycles. The topological polar surface area (TPSA) is 83.6 Å². The minimum atomic E-state index is -3.00. The maximum atomic E-state index is 11.5. The van der Waals surface area contributed by atoms with Crippen molar-refractivity contribution < 1.29 is 18.0 Å². The molecule has 0 bridgehead atoms. The summed E-state index contributed by atoms with van der Waals surface area (Å²) >= 11 is 0. The second kappa shape index (κ2) is 4.14. The Balaban J connectivity index is 2.06. The Labute approximate surface area is 93.9 Å². The number of amides is 2. The first-order valence-corrected chi connectivity index (χ1v) is 7.05. The van der Waals surface area contributed by atoms with Gasteiger partial charge >= 0.3 is 0 Å². The number of imide groups is 1. The van der Waals surface area contributed by atoms with Crippen molar-refractivity contribution in [1.82, 2.24) is 10.2 Å². The third-order valence-electron chi connectivity index (χ3n) is 2.93. The molecule has 2 rings (SSSR count). The van der Waals surface area contributed by atoms with Gasteiger partial charge in [-0.05, 0) is 12.8 Å². The lowest BCUT2D eigenvalue weighted by Gasteiger charge is -2.35. The number of nitrogens with one attached hydrogen (secondary N) is 1. The van der Waals surface area contributed by atoms with E-state index in [1.165, 1.54) is 0 Å². The van der Waals surface area contributed by atoms with Crippen molar-refractivity contribution in [2.45, 2.75) is 18.9 Å². The Morgan fingerprint density at radius 3 is 2.38 bits per heavy atom. The number of rotatable bonds is 1. The first-order valence-electron chi connectivity index (χ1n) is 5.23. The van der Waals surface area contributed by atoms with Crippen molar-refractivity contribution in [3.63, 3.8) is 0 Å². The Morgan fingerprint density at radius 1 is 1.19 bits per heavy atom. The van der Waals surface area contributed by atoms with Gasteiger partial charge in [0.1, 0.15) is 0 Å². The van der Waals surface area contributed by atoms with Crippen LogP contribution in [0.25, 0.3) is 0 Å². The molecule has 0 spiro atoms.